The normalized spacial score (nSPS) is 12.0. The average molecular weight is 547 g/mol. The first-order valence-electron chi connectivity index (χ1n) is 12.9. The predicted molar refractivity (Wildman–Crippen MR) is 147 cm³/mol. The fourth-order valence-electron chi connectivity index (χ4n) is 4.99. The van der Waals surface area contributed by atoms with Crippen molar-refractivity contribution in [3.05, 3.63) is 101 Å². The van der Waals surface area contributed by atoms with Gasteiger partial charge in [0.25, 0.3) is 0 Å². The van der Waals surface area contributed by atoms with Gasteiger partial charge in [-0.25, -0.2) is 4.98 Å². The molecule has 0 unspecified atom stereocenters. The second kappa shape index (κ2) is 11.1. The third-order valence-electron chi connectivity index (χ3n) is 6.97. The lowest BCUT2D eigenvalue weighted by Crippen LogP contribution is -2.22. The van der Waals surface area contributed by atoms with Crippen LogP contribution >= 0.6 is 0 Å². The lowest BCUT2D eigenvalue weighted by atomic mass is 9.91. The van der Waals surface area contributed by atoms with Crippen LogP contribution in [-0.4, -0.2) is 49.1 Å². The molecule has 0 N–H and O–H groups in total. The second-order valence-corrected chi connectivity index (χ2v) is 9.98. The Morgan fingerprint density at radius 3 is 2.60 bits per heavy atom. The number of aryl methyl sites for hydroxylation is 2. The molecule has 0 fully saturated rings. The zero-order valence-electron chi connectivity index (χ0n) is 22.5. The van der Waals surface area contributed by atoms with Gasteiger partial charge < -0.3 is 9.47 Å². The molecule has 0 radical (unpaired) electrons. The number of nitrogens with zero attached hydrogens (tertiary/aromatic N) is 6. The maximum Gasteiger partial charge on any atom is 0.435 e. The molecule has 40 heavy (non-hydrogen) atoms. The van der Waals surface area contributed by atoms with Crippen LogP contribution in [0.1, 0.15) is 38.7 Å². The maximum atomic E-state index is 14.0. The maximum absolute atomic E-state index is 14.0. The summed E-state index contributed by atoms with van der Waals surface area (Å²) in [7, 11) is 3.39. The third-order valence-corrected chi connectivity index (χ3v) is 6.97. The van der Waals surface area contributed by atoms with E-state index >= 15 is 0 Å². The molecule has 0 aliphatic heterocycles. The SMILES string of the molecule is Cc1nccn1Cc1cc(C=O)c(CCN(C)Cc2ccc3ccccc3n2)c(-c2cn(C)nc2C(F)(F)F)c1. The van der Waals surface area contributed by atoms with Gasteiger partial charge in [0.15, 0.2) is 5.69 Å². The lowest BCUT2D eigenvalue weighted by Gasteiger charge is -2.20. The number of halogens is 3. The van der Waals surface area contributed by atoms with E-state index in [0.29, 0.717) is 48.3 Å². The highest BCUT2D eigenvalue weighted by atomic mass is 19.4. The minimum Gasteiger partial charge on any atom is -0.331 e. The van der Waals surface area contributed by atoms with Gasteiger partial charge >= 0.3 is 6.18 Å². The number of fused-ring (bicyclic) bond motifs is 1. The largest absolute Gasteiger partial charge is 0.435 e. The van der Waals surface area contributed by atoms with E-state index in [1.165, 1.54) is 13.2 Å². The van der Waals surface area contributed by atoms with Crippen LogP contribution in [0.15, 0.2) is 67.1 Å². The molecular weight excluding hydrogens is 517 g/mol. The molecule has 0 spiro atoms. The fourth-order valence-corrected chi connectivity index (χ4v) is 4.99. The number of aldehydes is 1. The molecule has 0 aliphatic carbocycles. The molecule has 206 valence electrons. The zero-order valence-corrected chi connectivity index (χ0v) is 22.5. The van der Waals surface area contributed by atoms with E-state index in [-0.39, 0.29) is 5.56 Å². The van der Waals surface area contributed by atoms with Gasteiger partial charge in [0.2, 0.25) is 0 Å². The molecule has 3 heterocycles. The van der Waals surface area contributed by atoms with Crippen LogP contribution in [0.25, 0.3) is 22.0 Å². The molecule has 0 saturated heterocycles. The van der Waals surface area contributed by atoms with Gasteiger partial charge in [-0.3, -0.25) is 14.5 Å². The van der Waals surface area contributed by atoms with Gasteiger partial charge in [-0.1, -0.05) is 24.3 Å². The van der Waals surface area contributed by atoms with E-state index in [0.717, 1.165) is 33.4 Å². The van der Waals surface area contributed by atoms with E-state index in [1.54, 1.807) is 24.5 Å². The Labute approximate surface area is 229 Å². The van der Waals surface area contributed by atoms with Gasteiger partial charge in [0, 0.05) is 61.8 Å². The summed E-state index contributed by atoms with van der Waals surface area (Å²) < 4.78 is 45.1. The van der Waals surface area contributed by atoms with Crippen molar-refractivity contribution in [3.63, 3.8) is 0 Å². The van der Waals surface area contributed by atoms with E-state index in [2.05, 4.69) is 10.1 Å². The Kier molecular flexibility index (Phi) is 7.53. The first-order valence-corrected chi connectivity index (χ1v) is 12.9. The predicted octanol–water partition coefficient (Wildman–Crippen LogP) is 5.69. The average Bonchev–Trinajstić information content (AvgIpc) is 3.52. The first-order chi connectivity index (χ1) is 19.1. The lowest BCUT2D eigenvalue weighted by molar-refractivity contribution is -0.140. The number of pyridine rings is 1. The Morgan fingerprint density at radius 1 is 1.07 bits per heavy atom. The molecule has 5 rings (SSSR count). The fraction of sp³-hybridized carbons (Fsp3) is 0.267. The van der Waals surface area contributed by atoms with Crippen LogP contribution in [0.3, 0.4) is 0 Å². The van der Waals surface area contributed by atoms with Crippen molar-refractivity contribution in [1.82, 2.24) is 29.2 Å². The number of carbonyl (C=O) groups is 1. The Morgan fingerprint density at radius 2 is 1.88 bits per heavy atom. The molecular formula is C30H29F3N6O. The highest BCUT2D eigenvalue weighted by Gasteiger charge is 2.38. The summed E-state index contributed by atoms with van der Waals surface area (Å²) in [5, 5.41) is 4.77. The molecule has 3 aromatic heterocycles. The zero-order chi connectivity index (χ0) is 28.4. The van der Waals surface area contributed by atoms with Crippen molar-refractivity contribution in [2.24, 2.45) is 7.05 Å². The summed E-state index contributed by atoms with van der Waals surface area (Å²) >= 11 is 0. The summed E-state index contributed by atoms with van der Waals surface area (Å²) in [4.78, 5) is 23.3. The Bertz CT molecular complexity index is 1670. The van der Waals surface area contributed by atoms with Crippen molar-refractivity contribution in [1.29, 1.82) is 0 Å². The highest BCUT2D eigenvalue weighted by molar-refractivity contribution is 5.84. The van der Waals surface area contributed by atoms with Crippen molar-refractivity contribution in [2.75, 3.05) is 13.6 Å². The number of alkyl halides is 3. The summed E-state index contributed by atoms with van der Waals surface area (Å²) in [6.07, 6.45) is 1.26. The van der Waals surface area contributed by atoms with Crippen LogP contribution < -0.4 is 0 Å². The minimum atomic E-state index is -4.65. The number of carbonyl (C=O) groups excluding carboxylic acids is 1. The Balaban J connectivity index is 1.49. The molecule has 0 amide bonds. The van der Waals surface area contributed by atoms with E-state index in [1.807, 2.05) is 59.8 Å². The molecule has 2 aromatic carbocycles. The second-order valence-electron chi connectivity index (χ2n) is 9.98. The van der Waals surface area contributed by atoms with Crippen LogP contribution in [0.5, 0.6) is 0 Å². The standard InChI is InChI=1S/C30H29F3N6O/c1-20-34-11-13-39(20)16-21-14-23(19-40)25(26(15-21)27-18-38(3)36-29(27)30(31,32)33)10-12-37(2)17-24-9-8-22-6-4-5-7-28(22)35-24/h4-9,11,13-15,18-19H,10,12,16-17H2,1-3H3. The molecule has 7 nitrogen and oxygen atoms in total. The van der Waals surface area contributed by atoms with Crippen molar-refractivity contribution >= 4 is 17.2 Å². The number of rotatable bonds is 9. The molecule has 5 aromatic rings. The van der Waals surface area contributed by atoms with Crippen LogP contribution in [0, 0.1) is 6.92 Å². The molecule has 0 saturated carbocycles. The van der Waals surface area contributed by atoms with Crippen molar-refractivity contribution in [2.45, 2.75) is 32.6 Å². The van der Waals surface area contributed by atoms with Crippen molar-refractivity contribution in [3.8, 4) is 11.1 Å². The smallest absolute Gasteiger partial charge is 0.331 e. The van der Waals surface area contributed by atoms with Gasteiger partial charge in [0.1, 0.15) is 12.1 Å². The number of aromatic nitrogens is 5. The van der Waals surface area contributed by atoms with Gasteiger partial charge in [-0.05, 0) is 61.3 Å². The topological polar surface area (TPSA) is 68.8 Å². The van der Waals surface area contributed by atoms with Crippen molar-refractivity contribution < 1.29 is 18.0 Å². The highest BCUT2D eigenvalue weighted by Crippen LogP contribution is 2.38. The number of hydrogen-bond acceptors (Lipinski definition) is 5. The summed E-state index contributed by atoms with van der Waals surface area (Å²) in [6.45, 7) is 3.27. The van der Waals surface area contributed by atoms with Crippen LogP contribution in [0.2, 0.25) is 0 Å². The number of para-hydroxylation sites is 1. The molecule has 0 bridgehead atoms. The molecule has 0 atom stereocenters. The number of benzene rings is 2. The van der Waals surface area contributed by atoms with E-state index in [9.17, 15) is 18.0 Å². The van der Waals surface area contributed by atoms with Gasteiger partial charge in [-0.2, -0.15) is 18.3 Å². The van der Waals surface area contributed by atoms with Gasteiger partial charge in [0.05, 0.1) is 11.2 Å². The third kappa shape index (κ3) is 5.81. The molecule has 0 aliphatic rings. The van der Waals surface area contributed by atoms with Crippen LogP contribution in [0.4, 0.5) is 13.2 Å². The number of hydrogen-bond donors (Lipinski definition) is 0. The van der Waals surface area contributed by atoms with Gasteiger partial charge in [-0.15, -0.1) is 0 Å². The Hall–Kier alpha value is -4.31. The summed E-state index contributed by atoms with van der Waals surface area (Å²) in [5.74, 6) is 0.763. The quantitative estimate of drug-likeness (QED) is 0.222. The number of likely N-dealkylation sites (N-methyl/N-ethyl adjacent to an activating group) is 1. The van der Waals surface area contributed by atoms with E-state index in [4.69, 9.17) is 4.98 Å². The van der Waals surface area contributed by atoms with E-state index < -0.39 is 11.9 Å². The first kappa shape index (κ1) is 27.3. The monoisotopic (exact) mass is 546 g/mol. The van der Waals surface area contributed by atoms with Crippen LogP contribution in [-0.2, 0) is 32.7 Å². The minimum absolute atomic E-state index is 0.0452. The summed E-state index contributed by atoms with van der Waals surface area (Å²) in [6, 6.07) is 15.3. The number of imidazole rings is 1. The summed E-state index contributed by atoms with van der Waals surface area (Å²) in [5.41, 5.74) is 2.74. The molecule has 10 heteroatoms.